The molecule has 0 bridgehead atoms. The minimum absolute atomic E-state index is 0.524. The molecule has 0 aromatic carbocycles. The summed E-state index contributed by atoms with van der Waals surface area (Å²) in [6, 6.07) is 0. The van der Waals surface area contributed by atoms with E-state index in [0.29, 0.717) is 0 Å². The standard InChI is InChI=1S/C8H14F4N2O10P2/c9-7(10,25(17,18)19)3-23-5(15)13-1-2-14-6(16)24-4-8(11,12)26(20,21)22/h1-4H2,(H,13,15)(H,14,16)(H2,17,18,19)(H2,20,21,22)/p-2. The number of alkyl halides is 4. The Morgan fingerprint density at radius 3 is 1.35 bits per heavy atom. The van der Waals surface area contributed by atoms with Gasteiger partial charge in [-0.3, -0.25) is 0 Å². The van der Waals surface area contributed by atoms with E-state index in [1.807, 2.05) is 0 Å². The van der Waals surface area contributed by atoms with E-state index in [1.165, 1.54) is 0 Å². The van der Waals surface area contributed by atoms with E-state index in [2.05, 4.69) is 9.47 Å². The van der Waals surface area contributed by atoms with Gasteiger partial charge in [0.25, 0.3) is 0 Å². The van der Waals surface area contributed by atoms with Crippen LogP contribution < -0.4 is 20.4 Å². The Labute approximate surface area is 142 Å². The Morgan fingerprint density at radius 1 is 0.846 bits per heavy atom. The molecule has 18 heteroatoms. The van der Waals surface area contributed by atoms with Crippen molar-refractivity contribution in [1.29, 1.82) is 0 Å². The maximum Gasteiger partial charge on any atom is 0.407 e. The van der Waals surface area contributed by atoms with Gasteiger partial charge >= 0.3 is 23.5 Å². The molecule has 0 aliphatic carbocycles. The molecule has 2 atom stereocenters. The number of hydrogen-bond acceptors (Lipinski definition) is 8. The minimum atomic E-state index is -6.09. The van der Waals surface area contributed by atoms with Gasteiger partial charge in [-0.05, 0) is 0 Å². The average Bonchev–Trinajstić information content (AvgIpc) is 2.45. The molecule has 12 nitrogen and oxygen atoms in total. The number of halogens is 4. The van der Waals surface area contributed by atoms with E-state index in [1.54, 1.807) is 10.6 Å². The second kappa shape index (κ2) is 8.97. The molecular weight excluding hydrogens is 422 g/mol. The zero-order valence-electron chi connectivity index (χ0n) is 12.4. The van der Waals surface area contributed by atoms with Gasteiger partial charge in [0, 0.05) is 13.1 Å². The molecule has 0 aliphatic heterocycles. The third-order valence-corrected chi connectivity index (χ3v) is 4.16. The first-order valence-electron chi connectivity index (χ1n) is 6.14. The molecule has 2 unspecified atom stereocenters. The number of rotatable bonds is 9. The molecule has 0 rings (SSSR count). The zero-order valence-corrected chi connectivity index (χ0v) is 14.2. The Balaban J connectivity index is 4.06. The summed E-state index contributed by atoms with van der Waals surface area (Å²) in [5, 5.41) is 3.48. The minimum Gasteiger partial charge on any atom is -0.774 e. The summed E-state index contributed by atoms with van der Waals surface area (Å²) in [7, 11) is -12.2. The lowest BCUT2D eigenvalue weighted by Crippen LogP contribution is -2.39. The number of alkyl carbamates (subject to hydrolysis) is 2. The molecule has 0 spiro atoms. The highest BCUT2D eigenvalue weighted by molar-refractivity contribution is 7.51. The van der Waals surface area contributed by atoms with Crippen molar-refractivity contribution in [2.24, 2.45) is 0 Å². The highest BCUT2D eigenvalue weighted by Crippen LogP contribution is 2.49. The monoisotopic (exact) mass is 434 g/mol. The van der Waals surface area contributed by atoms with Gasteiger partial charge in [-0.25, -0.2) is 9.59 Å². The van der Waals surface area contributed by atoms with Gasteiger partial charge in [-0.2, -0.15) is 17.6 Å². The number of carbonyl (C=O) groups is 2. The molecule has 154 valence electrons. The summed E-state index contributed by atoms with van der Waals surface area (Å²) in [5.74, 6) is 0. The zero-order chi connectivity index (χ0) is 20.8. The molecular formula is C8H12F4N2O10P2-2. The maximum atomic E-state index is 12.7. The van der Waals surface area contributed by atoms with Crippen LogP contribution in [0.3, 0.4) is 0 Å². The molecule has 0 saturated carbocycles. The lowest BCUT2D eigenvalue weighted by Gasteiger charge is -2.26. The van der Waals surface area contributed by atoms with Crippen LogP contribution in [0, 0.1) is 0 Å². The van der Waals surface area contributed by atoms with Crippen molar-refractivity contribution in [3.8, 4) is 0 Å². The van der Waals surface area contributed by atoms with E-state index in [-0.39, 0.29) is 0 Å². The third-order valence-electron chi connectivity index (χ3n) is 2.24. The first-order valence-corrected chi connectivity index (χ1v) is 9.30. The van der Waals surface area contributed by atoms with Crippen LogP contribution in [0.4, 0.5) is 27.2 Å². The Hall–Kier alpha value is -1.44. The molecule has 0 fully saturated rings. The second-order valence-electron chi connectivity index (χ2n) is 4.38. The van der Waals surface area contributed by atoms with E-state index >= 15 is 0 Å². The smallest absolute Gasteiger partial charge is 0.407 e. The van der Waals surface area contributed by atoms with Crippen molar-refractivity contribution in [1.82, 2.24) is 10.6 Å². The Morgan fingerprint density at radius 2 is 1.12 bits per heavy atom. The van der Waals surface area contributed by atoms with Crippen LogP contribution >= 0.6 is 15.2 Å². The third kappa shape index (κ3) is 8.29. The summed E-state index contributed by atoms with van der Waals surface area (Å²) in [6.45, 7) is -5.03. The fourth-order valence-corrected chi connectivity index (χ4v) is 1.35. The van der Waals surface area contributed by atoms with Crippen molar-refractivity contribution in [2.45, 2.75) is 11.3 Å². The highest BCUT2D eigenvalue weighted by Gasteiger charge is 2.43. The SMILES string of the molecule is O=C(NCCNC(=O)OCC(F)(F)P(=O)([O-])O)OCC(F)(F)P(=O)([O-])O. The van der Waals surface area contributed by atoms with E-state index in [0.717, 1.165) is 0 Å². The fourth-order valence-electron chi connectivity index (χ4n) is 0.899. The number of hydrogen-bond donors (Lipinski definition) is 4. The maximum absolute atomic E-state index is 12.7. The molecule has 26 heavy (non-hydrogen) atoms. The van der Waals surface area contributed by atoms with Crippen LogP contribution in [-0.4, -0.2) is 59.6 Å². The van der Waals surface area contributed by atoms with Gasteiger partial charge in [-0.1, -0.05) is 0 Å². The van der Waals surface area contributed by atoms with Crippen LogP contribution in [0.1, 0.15) is 0 Å². The Kier molecular flexibility index (Phi) is 8.47. The van der Waals surface area contributed by atoms with Crippen molar-refractivity contribution in [2.75, 3.05) is 26.3 Å². The molecule has 4 N–H and O–H groups in total. The summed E-state index contributed by atoms with van der Waals surface area (Å²) < 4.78 is 79.0. The van der Waals surface area contributed by atoms with Gasteiger partial charge in [-0.15, -0.1) is 0 Å². The van der Waals surface area contributed by atoms with Crippen LogP contribution in [0.15, 0.2) is 0 Å². The highest BCUT2D eigenvalue weighted by atomic mass is 31.2. The van der Waals surface area contributed by atoms with E-state index < -0.39 is 65.0 Å². The normalized spacial score (nSPS) is 16.8. The molecule has 0 heterocycles. The first-order chi connectivity index (χ1) is 11.5. The van der Waals surface area contributed by atoms with Crippen LogP contribution in [0.5, 0.6) is 0 Å². The van der Waals surface area contributed by atoms with Gasteiger partial charge in [0.1, 0.15) is 0 Å². The summed E-state index contributed by atoms with van der Waals surface area (Å²) in [4.78, 5) is 58.7. The largest absolute Gasteiger partial charge is 0.774 e. The summed E-state index contributed by atoms with van der Waals surface area (Å²) >= 11 is 0. The topological polar surface area (TPSA) is 197 Å². The van der Waals surface area contributed by atoms with Crippen molar-refractivity contribution < 1.29 is 65.3 Å². The molecule has 2 amide bonds. The van der Waals surface area contributed by atoms with E-state index in [4.69, 9.17) is 9.79 Å². The molecule has 0 saturated heterocycles. The Bertz CT molecular complexity index is 554. The lowest BCUT2D eigenvalue weighted by atomic mass is 10.6. The molecule has 0 aromatic rings. The van der Waals surface area contributed by atoms with Crippen molar-refractivity contribution in [3.63, 3.8) is 0 Å². The van der Waals surface area contributed by atoms with Gasteiger partial charge in [0.15, 0.2) is 13.2 Å². The number of amides is 2. The van der Waals surface area contributed by atoms with Crippen LogP contribution in [0.2, 0.25) is 0 Å². The van der Waals surface area contributed by atoms with Crippen molar-refractivity contribution >= 4 is 27.4 Å². The predicted octanol–water partition coefficient (Wildman–Crippen LogP) is -1.28. The predicted molar refractivity (Wildman–Crippen MR) is 68.2 cm³/mol. The average molecular weight is 434 g/mol. The van der Waals surface area contributed by atoms with Crippen LogP contribution in [-0.2, 0) is 18.6 Å². The number of nitrogens with one attached hydrogen (secondary N) is 2. The first kappa shape index (κ1) is 24.6. The molecule has 0 aromatic heterocycles. The molecule has 0 radical (unpaired) electrons. The van der Waals surface area contributed by atoms with Gasteiger partial charge in [0.05, 0.1) is 0 Å². The van der Waals surface area contributed by atoms with Gasteiger partial charge < -0.3 is 48.8 Å². The van der Waals surface area contributed by atoms with Crippen LogP contribution in [0.25, 0.3) is 0 Å². The number of carbonyl (C=O) groups excluding carboxylic acids is 2. The van der Waals surface area contributed by atoms with Crippen molar-refractivity contribution in [3.05, 3.63) is 0 Å². The summed E-state index contributed by atoms with van der Waals surface area (Å²) in [5.41, 5.74) is -9.43. The number of ether oxygens (including phenoxy) is 2. The quantitative estimate of drug-likeness (QED) is 0.193. The lowest BCUT2D eigenvalue weighted by molar-refractivity contribution is -0.219. The molecule has 0 aliphatic rings. The fraction of sp³-hybridized carbons (Fsp3) is 0.750. The second-order valence-corrected chi connectivity index (χ2v) is 7.77. The van der Waals surface area contributed by atoms with E-state index in [9.17, 15) is 46.1 Å². The van der Waals surface area contributed by atoms with Gasteiger partial charge in [0.2, 0.25) is 15.2 Å². The summed E-state index contributed by atoms with van der Waals surface area (Å²) in [6.07, 6.45) is -3.13.